The zero-order valence-electron chi connectivity index (χ0n) is 13.9. The molecule has 0 fully saturated rings. The fraction of sp³-hybridized carbons (Fsp3) is 0.353. The number of esters is 1. The molecule has 0 radical (unpaired) electrons. The van der Waals surface area contributed by atoms with Gasteiger partial charge in [0.1, 0.15) is 5.76 Å². The summed E-state index contributed by atoms with van der Waals surface area (Å²) in [6.45, 7) is 3.42. The average molecular weight is 346 g/mol. The highest BCUT2D eigenvalue weighted by molar-refractivity contribution is 5.94. The van der Waals surface area contributed by atoms with Crippen molar-refractivity contribution >= 4 is 17.7 Å². The van der Waals surface area contributed by atoms with E-state index >= 15 is 0 Å². The molecule has 2 heterocycles. The smallest absolute Gasteiger partial charge is 0.306 e. The summed E-state index contributed by atoms with van der Waals surface area (Å²) in [6, 6.07) is 7.08. The van der Waals surface area contributed by atoms with Crippen molar-refractivity contribution in [1.82, 2.24) is 5.16 Å². The molecule has 25 heavy (non-hydrogen) atoms. The number of aryl methyl sites for hydroxylation is 2. The van der Waals surface area contributed by atoms with Crippen molar-refractivity contribution in [3.05, 3.63) is 35.6 Å². The van der Waals surface area contributed by atoms with Gasteiger partial charge in [-0.25, -0.2) is 0 Å². The lowest BCUT2D eigenvalue weighted by Gasteiger charge is -2.12. The number of ether oxygens (including phenoxy) is 3. The molecule has 1 aromatic heterocycles. The molecule has 0 spiro atoms. The third kappa shape index (κ3) is 4.28. The maximum atomic E-state index is 12.0. The van der Waals surface area contributed by atoms with Crippen LogP contribution in [0.4, 0.5) is 5.82 Å². The number of aromatic nitrogens is 1. The molecule has 8 nitrogen and oxygen atoms in total. The van der Waals surface area contributed by atoms with Gasteiger partial charge in [0.15, 0.2) is 23.4 Å². The van der Waals surface area contributed by atoms with Crippen molar-refractivity contribution < 1.29 is 28.3 Å². The molecule has 1 unspecified atom stereocenters. The fourth-order valence-corrected chi connectivity index (χ4v) is 2.31. The Morgan fingerprint density at radius 1 is 1.28 bits per heavy atom. The molecule has 1 aliphatic heterocycles. The average Bonchev–Trinajstić information content (AvgIpc) is 3.21. The normalized spacial score (nSPS) is 13.4. The van der Waals surface area contributed by atoms with E-state index in [2.05, 4.69) is 10.5 Å². The zero-order chi connectivity index (χ0) is 17.8. The van der Waals surface area contributed by atoms with Crippen LogP contribution < -0.4 is 14.8 Å². The van der Waals surface area contributed by atoms with E-state index in [4.69, 9.17) is 18.7 Å². The number of anilines is 1. The van der Waals surface area contributed by atoms with Crippen LogP contribution in [-0.4, -0.2) is 29.9 Å². The number of rotatable bonds is 6. The number of carbonyl (C=O) groups is 2. The summed E-state index contributed by atoms with van der Waals surface area (Å²) in [5.74, 6) is 1.29. The van der Waals surface area contributed by atoms with E-state index in [-0.39, 0.29) is 19.0 Å². The molecular formula is C17H18N2O6. The zero-order valence-corrected chi connectivity index (χ0v) is 13.9. The highest BCUT2D eigenvalue weighted by Gasteiger charge is 2.19. The number of fused-ring (bicyclic) bond motifs is 1. The van der Waals surface area contributed by atoms with Gasteiger partial charge in [0, 0.05) is 12.5 Å². The van der Waals surface area contributed by atoms with E-state index in [1.165, 1.54) is 6.92 Å². The van der Waals surface area contributed by atoms with Crippen LogP contribution >= 0.6 is 0 Å². The quantitative estimate of drug-likeness (QED) is 0.800. The summed E-state index contributed by atoms with van der Waals surface area (Å²) in [5, 5.41) is 6.17. The van der Waals surface area contributed by atoms with Crippen LogP contribution in [0.25, 0.3) is 0 Å². The van der Waals surface area contributed by atoms with Gasteiger partial charge >= 0.3 is 5.97 Å². The lowest BCUT2D eigenvalue weighted by Crippen LogP contribution is -2.30. The van der Waals surface area contributed by atoms with Gasteiger partial charge in [-0.15, -0.1) is 0 Å². The molecule has 1 aliphatic rings. The molecule has 0 saturated heterocycles. The van der Waals surface area contributed by atoms with Crippen LogP contribution in [0.3, 0.4) is 0 Å². The third-order valence-electron chi connectivity index (χ3n) is 3.61. The summed E-state index contributed by atoms with van der Waals surface area (Å²) in [4.78, 5) is 23.9. The highest BCUT2D eigenvalue weighted by atomic mass is 16.7. The molecule has 1 N–H and O–H groups in total. The SMILES string of the molecule is Cc1cc(NC(=O)C(C)OC(=O)CCc2ccc3c(c2)OCO3)no1. The van der Waals surface area contributed by atoms with Gasteiger partial charge in [-0.1, -0.05) is 11.2 Å². The Hall–Kier alpha value is -3.03. The lowest BCUT2D eigenvalue weighted by atomic mass is 10.1. The standard InChI is InChI=1S/C17H18N2O6/c1-10-7-15(19-25-10)18-17(21)11(2)24-16(20)6-4-12-3-5-13-14(8-12)23-9-22-13/h3,5,7-8,11H,4,6,9H2,1-2H3,(H,18,19,21). The van der Waals surface area contributed by atoms with Gasteiger partial charge < -0.3 is 24.1 Å². The van der Waals surface area contributed by atoms with Crippen LogP contribution in [0.5, 0.6) is 11.5 Å². The number of benzene rings is 1. The minimum atomic E-state index is -0.929. The van der Waals surface area contributed by atoms with E-state index < -0.39 is 18.0 Å². The van der Waals surface area contributed by atoms with Gasteiger partial charge in [-0.05, 0) is 38.0 Å². The van der Waals surface area contributed by atoms with Crippen molar-refractivity contribution in [1.29, 1.82) is 0 Å². The Balaban J connectivity index is 1.46. The van der Waals surface area contributed by atoms with Crippen molar-refractivity contribution in [2.75, 3.05) is 12.1 Å². The first-order chi connectivity index (χ1) is 12.0. The molecular weight excluding hydrogens is 328 g/mol. The first-order valence-corrected chi connectivity index (χ1v) is 7.83. The molecule has 132 valence electrons. The Labute approximate surface area is 144 Å². The first kappa shape index (κ1) is 16.8. The molecule has 1 amide bonds. The number of amides is 1. The maximum absolute atomic E-state index is 12.0. The topological polar surface area (TPSA) is 99.9 Å². The molecule has 1 atom stereocenters. The summed E-state index contributed by atoms with van der Waals surface area (Å²) < 4.78 is 20.5. The summed E-state index contributed by atoms with van der Waals surface area (Å²) in [7, 11) is 0. The van der Waals surface area contributed by atoms with E-state index in [9.17, 15) is 9.59 Å². The monoisotopic (exact) mass is 346 g/mol. The Morgan fingerprint density at radius 2 is 2.08 bits per heavy atom. The minimum Gasteiger partial charge on any atom is -0.454 e. The fourth-order valence-electron chi connectivity index (χ4n) is 2.31. The largest absolute Gasteiger partial charge is 0.454 e. The number of nitrogens with one attached hydrogen (secondary N) is 1. The first-order valence-electron chi connectivity index (χ1n) is 7.83. The number of carbonyl (C=O) groups excluding carboxylic acids is 2. The minimum absolute atomic E-state index is 0.153. The van der Waals surface area contributed by atoms with Crippen LogP contribution in [0, 0.1) is 6.92 Å². The van der Waals surface area contributed by atoms with Gasteiger partial charge in [0.2, 0.25) is 6.79 Å². The van der Waals surface area contributed by atoms with Gasteiger partial charge in [-0.2, -0.15) is 0 Å². The number of nitrogens with zero attached hydrogens (tertiary/aromatic N) is 1. The van der Waals surface area contributed by atoms with Gasteiger partial charge in [-0.3, -0.25) is 9.59 Å². The lowest BCUT2D eigenvalue weighted by molar-refractivity contribution is -0.153. The van der Waals surface area contributed by atoms with Crippen molar-refractivity contribution in [3.8, 4) is 11.5 Å². The van der Waals surface area contributed by atoms with Crippen LogP contribution in [0.2, 0.25) is 0 Å². The van der Waals surface area contributed by atoms with E-state index in [1.807, 2.05) is 12.1 Å². The second-order valence-corrected chi connectivity index (χ2v) is 5.63. The molecule has 0 aliphatic carbocycles. The number of hydrogen-bond donors (Lipinski definition) is 1. The molecule has 3 rings (SSSR count). The van der Waals surface area contributed by atoms with Crippen molar-refractivity contribution in [2.24, 2.45) is 0 Å². The Bertz CT molecular complexity index is 785. The van der Waals surface area contributed by atoms with E-state index in [1.54, 1.807) is 19.1 Å². The molecule has 2 aromatic rings. The molecule has 0 saturated carbocycles. The van der Waals surface area contributed by atoms with Crippen LogP contribution in [0.15, 0.2) is 28.8 Å². The number of hydrogen-bond acceptors (Lipinski definition) is 7. The Kier molecular flexibility index (Phi) is 4.87. The summed E-state index contributed by atoms with van der Waals surface area (Å²) >= 11 is 0. The predicted molar refractivity (Wildman–Crippen MR) is 86.3 cm³/mol. The van der Waals surface area contributed by atoms with Gasteiger partial charge in [0.05, 0.1) is 0 Å². The Morgan fingerprint density at radius 3 is 2.84 bits per heavy atom. The molecule has 0 bridgehead atoms. The maximum Gasteiger partial charge on any atom is 0.306 e. The second-order valence-electron chi connectivity index (χ2n) is 5.63. The van der Waals surface area contributed by atoms with E-state index in [0.717, 1.165) is 5.56 Å². The second kappa shape index (κ2) is 7.25. The molecule has 1 aromatic carbocycles. The summed E-state index contributed by atoms with van der Waals surface area (Å²) in [5.41, 5.74) is 0.927. The predicted octanol–water partition coefficient (Wildman–Crippen LogP) is 2.21. The van der Waals surface area contributed by atoms with Gasteiger partial charge in [0.25, 0.3) is 5.91 Å². The third-order valence-corrected chi connectivity index (χ3v) is 3.61. The van der Waals surface area contributed by atoms with E-state index in [0.29, 0.717) is 23.7 Å². The van der Waals surface area contributed by atoms with Crippen LogP contribution in [0.1, 0.15) is 24.7 Å². The molecule has 8 heteroatoms. The van der Waals surface area contributed by atoms with Crippen molar-refractivity contribution in [2.45, 2.75) is 32.8 Å². The highest BCUT2D eigenvalue weighted by Crippen LogP contribution is 2.32. The van der Waals surface area contributed by atoms with Crippen molar-refractivity contribution in [3.63, 3.8) is 0 Å². The van der Waals surface area contributed by atoms with Crippen LogP contribution in [-0.2, 0) is 20.7 Å². The summed E-state index contributed by atoms with van der Waals surface area (Å²) in [6.07, 6.45) is -0.298.